The van der Waals surface area contributed by atoms with Crippen LogP contribution in [-0.2, 0) is 5.41 Å². The maximum Gasteiger partial charge on any atom is 0.137 e. The van der Waals surface area contributed by atoms with Gasteiger partial charge in [0.1, 0.15) is 44.7 Å². The Hall–Kier alpha value is -19.5. The van der Waals surface area contributed by atoms with Crippen molar-refractivity contribution in [1.82, 2.24) is 0 Å². The Morgan fingerprint density at radius 1 is 0.134 bits per heavy atom. The topological polar surface area (TPSA) is 65.5 Å². The molecule has 4 aromatic heterocycles. The van der Waals surface area contributed by atoms with Crippen LogP contribution >= 0.6 is 0 Å². The molecule has 0 spiro atoms. The molecule has 4 heterocycles. The highest BCUT2D eigenvalue weighted by atomic mass is 16.3. The van der Waals surface area contributed by atoms with E-state index in [4.69, 9.17) is 17.7 Å². The van der Waals surface area contributed by atoms with Gasteiger partial charge in [-0.15, -0.1) is 0 Å². The highest BCUT2D eigenvalue weighted by Gasteiger charge is 2.36. The number of nitrogens with zero attached hydrogens (tertiary/aromatic N) is 4. The normalized spacial score (nSPS) is 12.1. The summed E-state index contributed by atoms with van der Waals surface area (Å²) in [6, 6.07) is 191. The Bertz CT molecular complexity index is 10200. The van der Waals surface area contributed by atoms with Gasteiger partial charge in [-0.05, 0) is 320 Å². The number of furan rings is 4. The van der Waals surface area contributed by atoms with E-state index < -0.39 is 0 Å². The van der Waals surface area contributed by atoms with Gasteiger partial charge in [0, 0.05) is 123 Å². The van der Waals surface area contributed by atoms with Crippen molar-refractivity contribution in [3.8, 4) is 44.5 Å². The van der Waals surface area contributed by atoms with E-state index in [9.17, 15) is 0 Å². The maximum absolute atomic E-state index is 6.37. The Kier molecular flexibility index (Phi) is 21.1. The van der Waals surface area contributed by atoms with Crippen LogP contribution in [0, 0.1) is 0 Å². The van der Waals surface area contributed by atoms with Crippen LogP contribution in [0.5, 0.6) is 0 Å². The number of anilines is 12. The lowest BCUT2D eigenvalue weighted by Crippen LogP contribution is -2.16. The first-order valence-electron chi connectivity index (χ1n) is 50.9. The molecule has 0 saturated carbocycles. The smallest absolute Gasteiger partial charge is 0.137 e. The van der Waals surface area contributed by atoms with Crippen molar-refractivity contribution in [2.45, 2.75) is 19.3 Å². The molecule has 0 amide bonds. The second-order valence-electron chi connectivity index (χ2n) is 39.4. The maximum atomic E-state index is 6.37. The average Bonchev–Trinajstić information content (AvgIpc) is 1.58. The van der Waals surface area contributed by atoms with Crippen molar-refractivity contribution in [2.75, 3.05) is 19.6 Å². The third-order valence-corrected chi connectivity index (χ3v) is 30.2. The van der Waals surface area contributed by atoms with Gasteiger partial charge in [0.15, 0.2) is 0 Å². The van der Waals surface area contributed by atoms with Crippen LogP contribution in [0.1, 0.15) is 25.0 Å². The molecule has 1 aliphatic rings. The molecule has 8 heteroatoms. The summed E-state index contributed by atoms with van der Waals surface area (Å²) in [5.74, 6) is 0. The fourth-order valence-corrected chi connectivity index (χ4v) is 22.9. The summed E-state index contributed by atoms with van der Waals surface area (Å²) in [6.07, 6.45) is 0. The lowest BCUT2D eigenvalue weighted by Gasteiger charge is -2.29. The molecule has 0 unspecified atom stereocenters. The van der Waals surface area contributed by atoms with Crippen molar-refractivity contribution in [3.05, 3.63) is 545 Å². The highest BCUT2D eigenvalue weighted by Crippen LogP contribution is 2.54. The number of hydrogen-bond donors (Lipinski definition) is 0. The summed E-state index contributed by atoms with van der Waals surface area (Å²) in [4.78, 5) is 9.41. The zero-order valence-electron chi connectivity index (χ0n) is 81.7. The number of para-hydroxylation sites is 6. The minimum absolute atomic E-state index is 0.0949. The molecule has 0 bridgehead atoms. The van der Waals surface area contributed by atoms with E-state index in [1.807, 2.05) is 48.5 Å². The van der Waals surface area contributed by atoms with Crippen molar-refractivity contribution >= 4 is 221 Å². The SMILES string of the molecule is CC1(C)c2ccccc2-c2ccc(N(c3ccc(-c4ccccc4)cc3)c3ccc4ccc5cc6c(cc5c4c3)oc3ccccc36)cc21.c1ccc(-c2ccc(N(c3ccc4c(c3)oc3ccccc34)c3ccc4ccc5cc6c(cc5c4c3)oc3ccccc36)cc2)cc1.c1ccc(-c2ccc(N(c3cccc(N(c4ccccc4)c4ccccc4)c3)c3ccc4ccc5cc6c(cc5c4c3)oc3ccccc36)cc2)cc1. The standard InChI is InChI=1S/C50H34N2O.C47H33NO.C44H27NO2/c1-4-13-35(14-5-1)36-25-28-41(29-26-36)52(43-20-12-19-42(32-43)51(39-15-6-2-7-16-39)40-17-8-3-9-18-40)44-30-27-37-23-24-38-31-48-45-21-10-11-22-49(45)53-50(48)34-47(38)46(37)33-44;1-47(2)43-14-8-6-12-37(43)38-25-24-36(28-44(38)47)48(34-21-18-31(19-22-34)30-10-4-3-5-11-30)35-23-20-32-16-17-33-26-42-39-13-7-9-15-45(39)49-46(42)29-41(33)40(32)27-35;1-2-8-28(9-3-1)29-16-19-32(20-17-29)45(34-22-23-37-35-10-4-6-12-41(35)46-43(37)26-34)33-21-18-30-14-15-31-24-40-36-11-5-7-13-42(36)47-44(40)27-39(31)38(30)25-33/h1-34H;3-29H,1-2H3;1-27H. The summed E-state index contributed by atoms with van der Waals surface area (Å²) < 4.78 is 25.4. The zero-order valence-corrected chi connectivity index (χ0v) is 81.7. The largest absolute Gasteiger partial charge is 0.456 e. The summed E-state index contributed by atoms with van der Waals surface area (Å²) >= 11 is 0. The predicted molar refractivity (Wildman–Crippen MR) is 626 cm³/mol. The van der Waals surface area contributed by atoms with Crippen LogP contribution in [0.15, 0.2) is 552 Å². The summed E-state index contributed by atoms with van der Waals surface area (Å²) in [5, 5.41) is 23.4. The van der Waals surface area contributed by atoms with Crippen LogP contribution in [0.25, 0.3) is 197 Å². The van der Waals surface area contributed by atoms with Crippen molar-refractivity contribution in [1.29, 1.82) is 0 Å². The Morgan fingerprint density at radius 2 is 0.376 bits per heavy atom. The van der Waals surface area contributed by atoms with E-state index >= 15 is 0 Å². The van der Waals surface area contributed by atoms with Crippen LogP contribution in [0.3, 0.4) is 0 Å². The van der Waals surface area contributed by atoms with Crippen molar-refractivity contribution in [3.63, 3.8) is 0 Å². The molecule has 30 rings (SSSR count). The third-order valence-electron chi connectivity index (χ3n) is 30.2. The molecule has 1 aliphatic carbocycles. The zero-order chi connectivity index (χ0) is 98.7. The molecule has 29 aromatic rings. The van der Waals surface area contributed by atoms with E-state index in [0.29, 0.717) is 0 Å². The van der Waals surface area contributed by atoms with E-state index in [2.05, 4.69) is 519 Å². The molecule has 0 saturated heterocycles. The monoisotopic (exact) mass is 1910 g/mol. The Balaban J connectivity index is 0.000000108. The van der Waals surface area contributed by atoms with Crippen molar-refractivity contribution < 1.29 is 17.7 Å². The number of benzene rings is 25. The van der Waals surface area contributed by atoms with E-state index in [0.717, 1.165) is 156 Å². The molecule has 8 nitrogen and oxygen atoms in total. The Morgan fingerprint density at radius 3 is 0.765 bits per heavy atom. The van der Waals surface area contributed by atoms with Crippen LogP contribution in [0.2, 0.25) is 0 Å². The van der Waals surface area contributed by atoms with Gasteiger partial charge in [0.05, 0.1) is 0 Å². The minimum atomic E-state index is -0.0949. The van der Waals surface area contributed by atoms with Gasteiger partial charge in [-0.25, -0.2) is 0 Å². The number of hydrogen-bond acceptors (Lipinski definition) is 8. The summed E-state index contributed by atoms with van der Waals surface area (Å²) in [5.41, 5.74) is 32.7. The van der Waals surface area contributed by atoms with Crippen molar-refractivity contribution in [2.24, 2.45) is 0 Å². The Labute approximate surface area is 860 Å². The molecule has 25 aromatic carbocycles. The molecule has 0 radical (unpaired) electrons. The summed E-state index contributed by atoms with van der Waals surface area (Å²) in [7, 11) is 0. The van der Waals surface area contributed by atoms with Gasteiger partial charge in [-0.1, -0.05) is 341 Å². The fraction of sp³-hybridized carbons (Fsp3) is 0.0213. The van der Waals surface area contributed by atoms with Gasteiger partial charge in [-0.3, -0.25) is 0 Å². The molecule has 0 fully saturated rings. The fourth-order valence-electron chi connectivity index (χ4n) is 22.9. The van der Waals surface area contributed by atoms with Crippen LogP contribution in [-0.4, -0.2) is 0 Å². The first-order chi connectivity index (χ1) is 73.6. The van der Waals surface area contributed by atoms with Gasteiger partial charge in [-0.2, -0.15) is 0 Å². The lowest BCUT2D eigenvalue weighted by molar-refractivity contribution is 0.660. The second kappa shape index (κ2) is 36.1. The molecule has 0 aliphatic heterocycles. The van der Waals surface area contributed by atoms with Crippen LogP contribution in [0.4, 0.5) is 68.2 Å². The first-order valence-corrected chi connectivity index (χ1v) is 50.9. The molecular weight excluding hydrogens is 1810 g/mol. The van der Waals surface area contributed by atoms with Gasteiger partial charge in [0.25, 0.3) is 0 Å². The highest BCUT2D eigenvalue weighted by molar-refractivity contribution is 6.21. The quantitative estimate of drug-likeness (QED) is 0.0941. The van der Waals surface area contributed by atoms with E-state index in [-0.39, 0.29) is 5.41 Å². The lowest BCUT2D eigenvalue weighted by atomic mass is 9.82. The first kappa shape index (κ1) is 87.3. The predicted octanol–water partition coefficient (Wildman–Crippen LogP) is 40.8. The third kappa shape index (κ3) is 15.6. The minimum Gasteiger partial charge on any atom is -0.456 e. The van der Waals surface area contributed by atoms with E-state index in [1.165, 1.54) is 120 Å². The second-order valence-corrected chi connectivity index (χ2v) is 39.4. The van der Waals surface area contributed by atoms with E-state index in [1.54, 1.807) is 0 Å². The molecule has 149 heavy (non-hydrogen) atoms. The molecule has 702 valence electrons. The van der Waals surface area contributed by atoms with Crippen LogP contribution < -0.4 is 19.6 Å². The number of rotatable bonds is 15. The average molecular weight is 1910 g/mol. The molecule has 0 atom stereocenters. The summed E-state index contributed by atoms with van der Waals surface area (Å²) in [6.45, 7) is 4.70. The molecule has 0 N–H and O–H groups in total. The van der Waals surface area contributed by atoms with Gasteiger partial charge < -0.3 is 37.3 Å². The van der Waals surface area contributed by atoms with Gasteiger partial charge >= 0.3 is 0 Å². The number of fused-ring (bicyclic) bond motifs is 24. The van der Waals surface area contributed by atoms with Gasteiger partial charge in [0.2, 0.25) is 0 Å². The molecular formula is C141H94N4O4.